The van der Waals surface area contributed by atoms with Crippen LogP contribution in [-0.2, 0) is 4.74 Å². The molecule has 0 aliphatic carbocycles. The maximum atomic E-state index is 5.48. The van der Waals surface area contributed by atoms with Crippen LogP contribution in [0.3, 0.4) is 0 Å². The van der Waals surface area contributed by atoms with E-state index in [-0.39, 0.29) is 0 Å². The maximum absolute atomic E-state index is 5.48. The molecule has 1 aliphatic rings. The topological polar surface area (TPSA) is 38.5 Å². The van der Waals surface area contributed by atoms with E-state index in [1.807, 2.05) is 7.11 Å². The van der Waals surface area contributed by atoms with E-state index in [1.54, 1.807) is 0 Å². The number of hydrogen-bond donors (Lipinski definition) is 1. The van der Waals surface area contributed by atoms with Crippen LogP contribution in [0.1, 0.15) is 38.5 Å². The van der Waals surface area contributed by atoms with Gasteiger partial charge in [0.2, 0.25) is 0 Å². The third-order valence-corrected chi connectivity index (χ3v) is 3.43. The summed E-state index contributed by atoms with van der Waals surface area (Å²) in [5, 5.41) is 0. The predicted molar refractivity (Wildman–Crippen MR) is 68.6 cm³/mol. The van der Waals surface area contributed by atoms with Crippen molar-refractivity contribution in [3.8, 4) is 0 Å². The number of unbranched alkanes of at least 4 members (excludes halogenated alkanes) is 3. The minimum absolute atomic E-state index is 0.766. The molecule has 96 valence electrons. The Hall–Kier alpha value is -0.120. The van der Waals surface area contributed by atoms with Gasteiger partial charge in [-0.2, -0.15) is 0 Å². The van der Waals surface area contributed by atoms with Gasteiger partial charge in [0.25, 0.3) is 0 Å². The third-order valence-electron chi connectivity index (χ3n) is 3.43. The van der Waals surface area contributed by atoms with E-state index in [0.29, 0.717) is 0 Å². The van der Waals surface area contributed by atoms with Crippen molar-refractivity contribution >= 4 is 0 Å². The van der Waals surface area contributed by atoms with Crippen molar-refractivity contribution in [3.05, 3.63) is 0 Å². The first-order valence-corrected chi connectivity index (χ1v) is 6.78. The third kappa shape index (κ3) is 5.83. The van der Waals surface area contributed by atoms with Gasteiger partial charge in [-0.1, -0.05) is 12.8 Å². The van der Waals surface area contributed by atoms with Gasteiger partial charge in [0.15, 0.2) is 0 Å². The predicted octanol–water partition coefficient (Wildman–Crippen LogP) is 1.86. The largest absolute Gasteiger partial charge is 0.384 e. The summed E-state index contributed by atoms with van der Waals surface area (Å²) in [7, 11) is 1.81. The number of rotatable bonds is 8. The summed E-state index contributed by atoms with van der Waals surface area (Å²) in [6.07, 6.45) is 7.84. The van der Waals surface area contributed by atoms with Crippen molar-refractivity contribution in [2.24, 2.45) is 11.7 Å². The van der Waals surface area contributed by atoms with Crippen molar-refractivity contribution in [3.63, 3.8) is 0 Å². The second-order valence-corrected chi connectivity index (χ2v) is 4.97. The normalized spacial score (nSPS) is 22.5. The average Bonchev–Trinajstić information content (AvgIpc) is 2.30. The molecule has 16 heavy (non-hydrogen) atoms. The van der Waals surface area contributed by atoms with Gasteiger partial charge in [0.05, 0.1) is 6.61 Å². The highest BCUT2D eigenvalue weighted by Crippen LogP contribution is 2.17. The molecule has 3 nitrogen and oxygen atoms in total. The van der Waals surface area contributed by atoms with Crippen LogP contribution in [0.2, 0.25) is 0 Å². The van der Waals surface area contributed by atoms with Gasteiger partial charge >= 0.3 is 0 Å². The van der Waals surface area contributed by atoms with Crippen LogP contribution in [0.25, 0.3) is 0 Å². The number of ether oxygens (including phenoxy) is 1. The molecule has 1 aliphatic heterocycles. The molecule has 1 heterocycles. The highest BCUT2D eigenvalue weighted by Gasteiger charge is 2.18. The van der Waals surface area contributed by atoms with Gasteiger partial charge in [-0.05, 0) is 51.2 Å². The van der Waals surface area contributed by atoms with Gasteiger partial charge in [-0.15, -0.1) is 0 Å². The van der Waals surface area contributed by atoms with E-state index in [2.05, 4.69) is 4.90 Å². The second-order valence-electron chi connectivity index (χ2n) is 4.97. The lowest BCUT2D eigenvalue weighted by atomic mass is 9.98. The summed E-state index contributed by atoms with van der Waals surface area (Å²) in [6.45, 7) is 5.58. The highest BCUT2D eigenvalue weighted by atomic mass is 16.5. The summed E-state index contributed by atoms with van der Waals surface area (Å²) < 4.78 is 5.25. The quantitative estimate of drug-likeness (QED) is 0.645. The first-order chi connectivity index (χ1) is 7.86. The average molecular weight is 228 g/mol. The Bertz CT molecular complexity index is 162. The Morgan fingerprint density at radius 1 is 1.25 bits per heavy atom. The van der Waals surface area contributed by atoms with Crippen molar-refractivity contribution < 1.29 is 4.74 Å². The molecule has 0 aromatic rings. The first-order valence-electron chi connectivity index (χ1n) is 6.78. The minimum Gasteiger partial charge on any atom is -0.384 e. The number of nitrogens with two attached hydrogens (primary N) is 1. The lowest BCUT2D eigenvalue weighted by Gasteiger charge is -2.32. The monoisotopic (exact) mass is 228 g/mol. The molecule has 0 aromatic heterocycles. The van der Waals surface area contributed by atoms with E-state index >= 15 is 0 Å². The summed E-state index contributed by atoms with van der Waals surface area (Å²) in [5.41, 5.74) is 5.48. The van der Waals surface area contributed by atoms with Crippen LogP contribution in [-0.4, -0.2) is 44.8 Å². The van der Waals surface area contributed by atoms with Gasteiger partial charge < -0.3 is 15.4 Å². The molecule has 1 rings (SSSR count). The number of hydrogen-bond acceptors (Lipinski definition) is 3. The van der Waals surface area contributed by atoms with E-state index in [9.17, 15) is 0 Å². The Balaban J connectivity index is 2.02. The van der Waals surface area contributed by atoms with E-state index in [1.165, 1.54) is 58.2 Å². The van der Waals surface area contributed by atoms with Crippen LogP contribution >= 0.6 is 0 Å². The Kier molecular flexibility index (Phi) is 7.81. The first kappa shape index (κ1) is 13.9. The molecule has 0 saturated carbocycles. The number of methoxy groups -OCH3 is 1. The maximum Gasteiger partial charge on any atom is 0.0502 e. The van der Waals surface area contributed by atoms with Gasteiger partial charge in [-0.25, -0.2) is 0 Å². The summed E-state index contributed by atoms with van der Waals surface area (Å²) in [5.74, 6) is 0.766. The molecule has 0 amide bonds. The summed E-state index contributed by atoms with van der Waals surface area (Å²) >= 11 is 0. The summed E-state index contributed by atoms with van der Waals surface area (Å²) in [4.78, 5) is 2.61. The Morgan fingerprint density at radius 3 is 2.81 bits per heavy atom. The van der Waals surface area contributed by atoms with Crippen molar-refractivity contribution in [2.75, 3.05) is 39.9 Å². The van der Waals surface area contributed by atoms with Crippen LogP contribution in [0, 0.1) is 5.92 Å². The lowest BCUT2D eigenvalue weighted by Crippen LogP contribution is -2.37. The lowest BCUT2D eigenvalue weighted by molar-refractivity contribution is 0.0898. The Morgan fingerprint density at radius 2 is 2.06 bits per heavy atom. The van der Waals surface area contributed by atoms with E-state index in [4.69, 9.17) is 10.5 Å². The smallest absolute Gasteiger partial charge is 0.0502 e. The molecule has 0 aromatic carbocycles. The number of piperidine rings is 1. The molecule has 1 saturated heterocycles. The van der Waals surface area contributed by atoms with Gasteiger partial charge in [-0.3, -0.25) is 0 Å². The Labute approximate surface area is 100 Å². The highest BCUT2D eigenvalue weighted by molar-refractivity contribution is 4.72. The van der Waals surface area contributed by atoms with E-state index in [0.717, 1.165) is 19.1 Å². The molecule has 3 heteroatoms. The van der Waals surface area contributed by atoms with Crippen LogP contribution in [0.4, 0.5) is 0 Å². The molecule has 0 bridgehead atoms. The molecule has 1 unspecified atom stereocenters. The zero-order valence-electron chi connectivity index (χ0n) is 10.8. The fourth-order valence-electron chi connectivity index (χ4n) is 2.56. The van der Waals surface area contributed by atoms with Crippen LogP contribution in [0.5, 0.6) is 0 Å². The van der Waals surface area contributed by atoms with Crippen molar-refractivity contribution in [2.45, 2.75) is 38.5 Å². The van der Waals surface area contributed by atoms with Crippen LogP contribution < -0.4 is 5.73 Å². The molecular formula is C13H28N2O. The molecule has 1 fully saturated rings. The van der Waals surface area contributed by atoms with Gasteiger partial charge in [0, 0.05) is 13.7 Å². The summed E-state index contributed by atoms with van der Waals surface area (Å²) in [6, 6.07) is 0. The zero-order valence-corrected chi connectivity index (χ0v) is 10.8. The van der Waals surface area contributed by atoms with Crippen molar-refractivity contribution in [1.82, 2.24) is 4.90 Å². The van der Waals surface area contributed by atoms with Gasteiger partial charge in [0.1, 0.15) is 0 Å². The SMILES string of the molecule is COCC1CCCN(CCCCCCN)C1. The standard InChI is InChI=1S/C13H28N2O/c1-16-12-13-7-6-10-15(11-13)9-5-3-2-4-8-14/h13H,2-12,14H2,1H3. The molecule has 2 N–H and O–H groups in total. The zero-order chi connectivity index (χ0) is 11.6. The number of nitrogens with zero attached hydrogens (tertiary/aromatic N) is 1. The van der Waals surface area contributed by atoms with Crippen LogP contribution in [0.15, 0.2) is 0 Å². The van der Waals surface area contributed by atoms with E-state index < -0.39 is 0 Å². The second kappa shape index (κ2) is 8.97. The fraction of sp³-hybridized carbons (Fsp3) is 1.00. The molecule has 0 spiro atoms. The van der Waals surface area contributed by atoms with Crippen molar-refractivity contribution in [1.29, 1.82) is 0 Å². The molecule has 0 radical (unpaired) electrons. The molecule has 1 atom stereocenters. The fourth-order valence-corrected chi connectivity index (χ4v) is 2.56. The number of likely N-dealkylation sites (tertiary alicyclic amines) is 1. The molecular weight excluding hydrogens is 200 g/mol. The minimum atomic E-state index is 0.766.